The van der Waals surface area contributed by atoms with Crippen molar-refractivity contribution in [3.63, 3.8) is 0 Å². The van der Waals surface area contributed by atoms with Gasteiger partial charge in [-0.1, -0.05) is 20.8 Å². The van der Waals surface area contributed by atoms with Crippen LogP contribution in [-0.2, 0) is 4.79 Å². The quantitative estimate of drug-likeness (QED) is 0.788. The molecule has 2 N–H and O–H groups in total. The SMILES string of the molecule is CC(CC#N)N(C)C(=O)CC(N)C(C)(C)C. The van der Waals surface area contributed by atoms with Crippen LogP contribution in [0.25, 0.3) is 0 Å². The number of rotatable bonds is 4. The molecule has 0 aliphatic heterocycles. The maximum absolute atomic E-state index is 11.9. The Morgan fingerprint density at radius 1 is 1.50 bits per heavy atom. The number of hydrogen-bond donors (Lipinski definition) is 1. The molecule has 0 bridgehead atoms. The third kappa shape index (κ3) is 4.63. The van der Waals surface area contributed by atoms with E-state index in [1.165, 1.54) is 0 Å². The Bertz CT molecular complexity index is 275. The van der Waals surface area contributed by atoms with Crippen molar-refractivity contribution in [3.8, 4) is 6.07 Å². The second kappa shape index (κ2) is 5.86. The standard InChI is InChI=1S/C12H23N3O/c1-9(6-7-13)15(5)11(16)8-10(14)12(2,3)4/h9-10H,6,8,14H2,1-5H3. The molecule has 0 saturated heterocycles. The van der Waals surface area contributed by atoms with Gasteiger partial charge >= 0.3 is 0 Å². The van der Waals surface area contributed by atoms with Crippen LogP contribution < -0.4 is 5.73 Å². The molecular formula is C12H23N3O. The van der Waals surface area contributed by atoms with Gasteiger partial charge in [-0.25, -0.2) is 0 Å². The molecule has 92 valence electrons. The van der Waals surface area contributed by atoms with E-state index in [-0.39, 0.29) is 23.4 Å². The minimum absolute atomic E-state index is 0.00479. The highest BCUT2D eigenvalue weighted by molar-refractivity contribution is 5.77. The first kappa shape index (κ1) is 14.9. The summed E-state index contributed by atoms with van der Waals surface area (Å²) < 4.78 is 0. The van der Waals surface area contributed by atoms with Gasteiger partial charge in [0, 0.05) is 25.6 Å². The fourth-order valence-electron chi connectivity index (χ4n) is 1.15. The second-order valence-corrected chi connectivity index (χ2v) is 5.39. The van der Waals surface area contributed by atoms with Gasteiger partial charge in [0.25, 0.3) is 0 Å². The lowest BCUT2D eigenvalue weighted by molar-refractivity contribution is -0.132. The molecule has 0 aromatic carbocycles. The van der Waals surface area contributed by atoms with Crippen LogP contribution >= 0.6 is 0 Å². The van der Waals surface area contributed by atoms with Gasteiger partial charge in [-0.05, 0) is 12.3 Å². The summed E-state index contributed by atoms with van der Waals surface area (Å²) in [7, 11) is 1.72. The summed E-state index contributed by atoms with van der Waals surface area (Å²) in [6, 6.07) is 1.85. The molecule has 4 nitrogen and oxygen atoms in total. The van der Waals surface area contributed by atoms with Crippen LogP contribution in [0, 0.1) is 16.7 Å². The highest BCUT2D eigenvalue weighted by Crippen LogP contribution is 2.20. The van der Waals surface area contributed by atoms with E-state index >= 15 is 0 Å². The average Bonchev–Trinajstić information content (AvgIpc) is 2.15. The summed E-state index contributed by atoms with van der Waals surface area (Å²) in [5.41, 5.74) is 5.88. The molecule has 2 atom stereocenters. The molecule has 1 amide bonds. The Morgan fingerprint density at radius 2 is 2.00 bits per heavy atom. The van der Waals surface area contributed by atoms with E-state index in [0.29, 0.717) is 12.8 Å². The summed E-state index contributed by atoms with van der Waals surface area (Å²) in [5, 5.41) is 8.57. The summed E-state index contributed by atoms with van der Waals surface area (Å²) in [5.74, 6) is 0.00479. The Kier molecular flexibility index (Phi) is 5.46. The third-order valence-electron chi connectivity index (χ3n) is 2.95. The van der Waals surface area contributed by atoms with Crippen molar-refractivity contribution < 1.29 is 4.79 Å². The molecule has 0 aromatic rings. The van der Waals surface area contributed by atoms with Gasteiger partial charge in [-0.15, -0.1) is 0 Å². The van der Waals surface area contributed by atoms with Gasteiger partial charge in [0.15, 0.2) is 0 Å². The molecule has 4 heteroatoms. The molecule has 0 fully saturated rings. The van der Waals surface area contributed by atoms with Gasteiger partial charge < -0.3 is 10.6 Å². The van der Waals surface area contributed by atoms with E-state index in [1.807, 2.05) is 27.7 Å². The summed E-state index contributed by atoms with van der Waals surface area (Å²) >= 11 is 0. The van der Waals surface area contributed by atoms with Crippen molar-refractivity contribution in [2.24, 2.45) is 11.1 Å². The maximum Gasteiger partial charge on any atom is 0.224 e. The predicted molar refractivity (Wildman–Crippen MR) is 64.5 cm³/mol. The van der Waals surface area contributed by atoms with Crippen molar-refractivity contribution in [2.75, 3.05) is 7.05 Å². The van der Waals surface area contributed by atoms with Crippen molar-refractivity contribution >= 4 is 5.91 Å². The zero-order chi connectivity index (χ0) is 12.9. The molecule has 2 unspecified atom stereocenters. The predicted octanol–water partition coefficient (Wildman–Crippen LogP) is 1.51. The zero-order valence-corrected chi connectivity index (χ0v) is 10.9. The molecule has 0 aliphatic rings. The number of nitrogens with two attached hydrogens (primary N) is 1. The Balaban J connectivity index is 4.32. The van der Waals surface area contributed by atoms with E-state index in [1.54, 1.807) is 11.9 Å². The normalized spacial score (nSPS) is 15.1. The van der Waals surface area contributed by atoms with Crippen molar-refractivity contribution in [3.05, 3.63) is 0 Å². The smallest absolute Gasteiger partial charge is 0.224 e. The topological polar surface area (TPSA) is 70.1 Å². The Hall–Kier alpha value is -1.08. The maximum atomic E-state index is 11.9. The number of carbonyl (C=O) groups excluding carboxylic acids is 1. The first-order chi connectivity index (χ1) is 7.20. The summed E-state index contributed by atoms with van der Waals surface area (Å²) in [4.78, 5) is 13.5. The van der Waals surface area contributed by atoms with Crippen LogP contribution in [0.1, 0.15) is 40.5 Å². The first-order valence-electron chi connectivity index (χ1n) is 5.58. The first-order valence-corrected chi connectivity index (χ1v) is 5.58. The molecule has 0 heterocycles. The van der Waals surface area contributed by atoms with Gasteiger partial charge in [0.05, 0.1) is 12.5 Å². The van der Waals surface area contributed by atoms with Gasteiger partial charge in [0.1, 0.15) is 0 Å². The number of carbonyl (C=O) groups is 1. The van der Waals surface area contributed by atoms with Gasteiger partial charge in [-0.2, -0.15) is 5.26 Å². The van der Waals surface area contributed by atoms with E-state index in [0.717, 1.165) is 0 Å². The monoisotopic (exact) mass is 225 g/mol. The molecule has 0 spiro atoms. The second-order valence-electron chi connectivity index (χ2n) is 5.39. The zero-order valence-electron chi connectivity index (χ0n) is 10.9. The summed E-state index contributed by atoms with van der Waals surface area (Å²) in [6.45, 7) is 7.92. The fraction of sp³-hybridized carbons (Fsp3) is 0.833. The Labute approximate surface area is 98.4 Å². The fourth-order valence-corrected chi connectivity index (χ4v) is 1.15. The number of nitriles is 1. The molecule has 0 rings (SSSR count). The molecule has 16 heavy (non-hydrogen) atoms. The van der Waals surface area contributed by atoms with Crippen LogP contribution in [0.5, 0.6) is 0 Å². The minimum Gasteiger partial charge on any atom is -0.342 e. The van der Waals surface area contributed by atoms with E-state index in [2.05, 4.69) is 6.07 Å². The molecule has 0 saturated carbocycles. The lowest BCUT2D eigenvalue weighted by Gasteiger charge is -2.30. The van der Waals surface area contributed by atoms with E-state index in [4.69, 9.17) is 11.0 Å². The van der Waals surface area contributed by atoms with E-state index < -0.39 is 0 Å². The van der Waals surface area contributed by atoms with Crippen molar-refractivity contribution in [1.29, 1.82) is 5.26 Å². The average molecular weight is 225 g/mol. The number of nitrogens with zero attached hydrogens (tertiary/aromatic N) is 2. The van der Waals surface area contributed by atoms with Gasteiger partial charge in [0.2, 0.25) is 5.91 Å². The van der Waals surface area contributed by atoms with Crippen LogP contribution in [-0.4, -0.2) is 29.9 Å². The molecule has 0 aromatic heterocycles. The molecule has 0 aliphatic carbocycles. The largest absolute Gasteiger partial charge is 0.342 e. The van der Waals surface area contributed by atoms with Gasteiger partial charge in [-0.3, -0.25) is 4.79 Å². The van der Waals surface area contributed by atoms with E-state index in [9.17, 15) is 4.79 Å². The molecular weight excluding hydrogens is 202 g/mol. The molecule has 0 radical (unpaired) electrons. The highest BCUT2D eigenvalue weighted by Gasteiger charge is 2.25. The number of hydrogen-bond acceptors (Lipinski definition) is 3. The lowest BCUT2D eigenvalue weighted by Crippen LogP contribution is -2.43. The van der Waals surface area contributed by atoms with Crippen LogP contribution in [0.2, 0.25) is 0 Å². The Morgan fingerprint density at radius 3 is 2.38 bits per heavy atom. The minimum atomic E-state index is -0.156. The van der Waals surface area contributed by atoms with Crippen LogP contribution in [0.3, 0.4) is 0 Å². The van der Waals surface area contributed by atoms with Crippen LogP contribution in [0.4, 0.5) is 0 Å². The van der Waals surface area contributed by atoms with Crippen LogP contribution in [0.15, 0.2) is 0 Å². The highest BCUT2D eigenvalue weighted by atomic mass is 16.2. The third-order valence-corrected chi connectivity index (χ3v) is 2.95. The number of amides is 1. The van der Waals surface area contributed by atoms with Crippen molar-refractivity contribution in [2.45, 2.75) is 52.6 Å². The van der Waals surface area contributed by atoms with Crippen molar-refractivity contribution in [1.82, 2.24) is 4.90 Å². The lowest BCUT2D eigenvalue weighted by atomic mass is 9.85. The summed E-state index contributed by atoms with van der Waals surface area (Å²) in [6.07, 6.45) is 0.683.